The molecule has 0 radical (unpaired) electrons. The van der Waals surface area contributed by atoms with Crippen LogP contribution in [0.15, 0.2) is 18.3 Å². The molecule has 2 saturated carbocycles. The van der Waals surface area contributed by atoms with Crippen LogP contribution < -0.4 is 0 Å². The lowest BCUT2D eigenvalue weighted by molar-refractivity contribution is -0.0566. The number of halogens is 2. The Kier molecular flexibility index (Phi) is 6.35. The number of piperidine rings is 2. The molecule has 0 atom stereocenters. The fraction of sp³-hybridized carbons (Fsp3) is 0.808. The van der Waals surface area contributed by atoms with Gasteiger partial charge in [0, 0.05) is 50.4 Å². The summed E-state index contributed by atoms with van der Waals surface area (Å²) in [4.78, 5) is 9.64. The second-order valence-corrected chi connectivity index (χ2v) is 11.1. The summed E-state index contributed by atoms with van der Waals surface area (Å²) in [5.41, 5.74) is 2.99. The molecule has 2 aliphatic carbocycles. The van der Waals surface area contributed by atoms with Gasteiger partial charge < -0.3 is 4.90 Å². The maximum absolute atomic E-state index is 13.3. The first kappa shape index (κ1) is 21.8. The molecule has 0 amide bonds. The first-order valence-corrected chi connectivity index (χ1v) is 12.8. The smallest absolute Gasteiger partial charge is 0.250 e. The van der Waals surface area contributed by atoms with Crippen LogP contribution in [0.3, 0.4) is 0 Å². The predicted molar refractivity (Wildman–Crippen MR) is 120 cm³/mol. The molecule has 0 aromatic carbocycles. The molecule has 31 heavy (non-hydrogen) atoms. The quantitative estimate of drug-likeness (QED) is 0.598. The van der Waals surface area contributed by atoms with Crippen molar-refractivity contribution in [3.05, 3.63) is 29.6 Å². The molecule has 0 unspecified atom stereocenters. The Morgan fingerprint density at radius 2 is 1.58 bits per heavy atom. The average Bonchev–Trinajstić information content (AvgIpc) is 2.73. The Bertz CT molecular complexity index is 703. The second-order valence-electron chi connectivity index (χ2n) is 11.1. The van der Waals surface area contributed by atoms with Crippen molar-refractivity contribution < 1.29 is 8.78 Å². The molecule has 3 nitrogen and oxygen atoms in total. The lowest BCUT2D eigenvalue weighted by Crippen LogP contribution is -2.48. The highest BCUT2D eigenvalue weighted by Crippen LogP contribution is 2.47. The van der Waals surface area contributed by atoms with Crippen molar-refractivity contribution in [3.8, 4) is 0 Å². The van der Waals surface area contributed by atoms with E-state index in [-0.39, 0.29) is 12.8 Å². The summed E-state index contributed by atoms with van der Waals surface area (Å²) >= 11 is 0. The number of nitrogens with zero attached hydrogens (tertiary/aromatic N) is 3. The van der Waals surface area contributed by atoms with Gasteiger partial charge in [0.25, 0.3) is 5.92 Å². The lowest BCUT2D eigenvalue weighted by Gasteiger charge is -2.49. The SMILES string of the molecule is FC1(F)CCN(Cc2ccc(CC3CCC4(CC3)CCN(C3CCC3)CC4)nc2)CC1. The number of hydrogen-bond acceptors (Lipinski definition) is 3. The van der Waals surface area contributed by atoms with Crippen molar-refractivity contribution in [1.29, 1.82) is 0 Å². The van der Waals surface area contributed by atoms with Gasteiger partial charge in [-0.3, -0.25) is 9.88 Å². The van der Waals surface area contributed by atoms with E-state index < -0.39 is 5.92 Å². The standard InChI is InChI=1S/C26H39F2N3/c27-26(28)12-14-30(15-13-26)20-22-4-5-23(29-19-22)18-21-6-8-25(9-7-21)10-16-31(17-11-25)24-2-1-3-24/h4-5,19,21,24H,1-3,6-18,20H2. The molecule has 3 heterocycles. The number of pyridine rings is 1. The van der Waals surface area contributed by atoms with Crippen LogP contribution >= 0.6 is 0 Å². The average molecular weight is 432 g/mol. The number of likely N-dealkylation sites (tertiary alicyclic amines) is 2. The van der Waals surface area contributed by atoms with Crippen LogP contribution in [0, 0.1) is 11.3 Å². The number of aromatic nitrogens is 1. The van der Waals surface area contributed by atoms with Gasteiger partial charge in [-0.15, -0.1) is 0 Å². The maximum Gasteiger partial charge on any atom is 0.250 e. The minimum absolute atomic E-state index is 0.0136. The van der Waals surface area contributed by atoms with Crippen molar-refractivity contribution in [2.24, 2.45) is 11.3 Å². The van der Waals surface area contributed by atoms with E-state index in [1.807, 2.05) is 6.20 Å². The Balaban J connectivity index is 1.05. The number of hydrogen-bond donors (Lipinski definition) is 0. The van der Waals surface area contributed by atoms with Gasteiger partial charge in [-0.1, -0.05) is 12.5 Å². The van der Waals surface area contributed by atoms with Crippen LogP contribution in [-0.4, -0.2) is 52.9 Å². The predicted octanol–water partition coefficient (Wildman–Crippen LogP) is 5.68. The molecule has 1 spiro atoms. The summed E-state index contributed by atoms with van der Waals surface area (Å²) in [5.74, 6) is -1.69. The van der Waals surface area contributed by atoms with Gasteiger partial charge >= 0.3 is 0 Å². The maximum atomic E-state index is 13.3. The highest BCUT2D eigenvalue weighted by Gasteiger charge is 2.40. The highest BCUT2D eigenvalue weighted by atomic mass is 19.3. The van der Waals surface area contributed by atoms with E-state index in [0.29, 0.717) is 18.5 Å². The van der Waals surface area contributed by atoms with E-state index in [4.69, 9.17) is 4.98 Å². The Morgan fingerprint density at radius 3 is 2.16 bits per heavy atom. The second kappa shape index (κ2) is 9.05. The zero-order valence-corrected chi connectivity index (χ0v) is 19.0. The largest absolute Gasteiger partial charge is 0.300 e. The van der Waals surface area contributed by atoms with Gasteiger partial charge in [-0.2, -0.15) is 0 Å². The molecule has 0 bridgehead atoms. The topological polar surface area (TPSA) is 19.4 Å². The number of alkyl halides is 2. The third-order valence-corrected chi connectivity index (χ3v) is 8.99. The molecule has 172 valence electrons. The molecule has 4 fully saturated rings. The first-order chi connectivity index (χ1) is 15.0. The van der Waals surface area contributed by atoms with E-state index in [0.717, 1.165) is 30.5 Å². The molecular weight excluding hydrogens is 392 g/mol. The summed E-state index contributed by atoms with van der Waals surface area (Å²) in [7, 11) is 0. The first-order valence-electron chi connectivity index (χ1n) is 12.8. The Hall–Kier alpha value is -1.07. The Labute approximate surface area is 186 Å². The lowest BCUT2D eigenvalue weighted by atomic mass is 9.64. The summed E-state index contributed by atoms with van der Waals surface area (Å²) in [6.45, 7) is 4.39. The third kappa shape index (κ3) is 5.30. The van der Waals surface area contributed by atoms with E-state index in [1.165, 1.54) is 76.6 Å². The molecule has 2 saturated heterocycles. The van der Waals surface area contributed by atoms with E-state index >= 15 is 0 Å². The van der Waals surface area contributed by atoms with Crippen molar-refractivity contribution in [1.82, 2.24) is 14.8 Å². The Morgan fingerprint density at radius 1 is 0.871 bits per heavy atom. The van der Waals surface area contributed by atoms with Gasteiger partial charge in [0.15, 0.2) is 0 Å². The highest BCUT2D eigenvalue weighted by molar-refractivity contribution is 5.15. The summed E-state index contributed by atoms with van der Waals surface area (Å²) < 4.78 is 26.7. The molecular formula is C26H39F2N3. The zero-order chi connectivity index (χ0) is 21.3. The van der Waals surface area contributed by atoms with Gasteiger partial charge in [0.1, 0.15) is 0 Å². The van der Waals surface area contributed by atoms with Crippen molar-refractivity contribution in [2.45, 2.75) is 95.6 Å². The van der Waals surface area contributed by atoms with Crippen molar-refractivity contribution in [3.63, 3.8) is 0 Å². The molecule has 2 aliphatic heterocycles. The minimum Gasteiger partial charge on any atom is -0.300 e. The van der Waals surface area contributed by atoms with Crippen molar-refractivity contribution in [2.75, 3.05) is 26.2 Å². The normalized spacial score (nSPS) is 27.9. The monoisotopic (exact) mass is 431 g/mol. The van der Waals surface area contributed by atoms with Crippen LogP contribution in [0.25, 0.3) is 0 Å². The van der Waals surface area contributed by atoms with Gasteiger partial charge in [-0.05, 0) is 93.8 Å². The third-order valence-electron chi connectivity index (χ3n) is 8.99. The van der Waals surface area contributed by atoms with E-state index in [1.54, 1.807) is 0 Å². The summed E-state index contributed by atoms with van der Waals surface area (Å²) in [6, 6.07) is 5.25. The van der Waals surface area contributed by atoms with Gasteiger partial charge in [0.05, 0.1) is 0 Å². The summed E-state index contributed by atoms with van der Waals surface area (Å²) in [5, 5.41) is 0. The molecule has 1 aromatic rings. The molecule has 4 aliphatic rings. The molecule has 5 rings (SSSR count). The van der Waals surface area contributed by atoms with Gasteiger partial charge in [0.2, 0.25) is 0 Å². The van der Waals surface area contributed by atoms with Crippen LogP contribution in [0.5, 0.6) is 0 Å². The summed E-state index contributed by atoms with van der Waals surface area (Å²) in [6.07, 6.45) is 15.7. The molecule has 5 heteroatoms. The number of rotatable bonds is 5. The van der Waals surface area contributed by atoms with Crippen LogP contribution in [0.1, 0.15) is 81.9 Å². The van der Waals surface area contributed by atoms with Crippen molar-refractivity contribution >= 4 is 0 Å². The molecule has 0 N–H and O–H groups in total. The zero-order valence-electron chi connectivity index (χ0n) is 19.0. The van der Waals surface area contributed by atoms with Crippen LogP contribution in [0.4, 0.5) is 8.78 Å². The fourth-order valence-electron chi connectivity index (χ4n) is 6.37. The molecule has 1 aromatic heterocycles. The minimum atomic E-state index is -2.47. The van der Waals surface area contributed by atoms with Crippen LogP contribution in [0.2, 0.25) is 0 Å². The fourth-order valence-corrected chi connectivity index (χ4v) is 6.37. The van der Waals surface area contributed by atoms with Gasteiger partial charge in [-0.25, -0.2) is 8.78 Å². The van der Waals surface area contributed by atoms with Crippen LogP contribution in [-0.2, 0) is 13.0 Å². The van der Waals surface area contributed by atoms with E-state index in [9.17, 15) is 8.78 Å². The van der Waals surface area contributed by atoms with E-state index in [2.05, 4.69) is 21.9 Å².